The second kappa shape index (κ2) is 5.67. The fraction of sp³-hybridized carbons (Fsp3) is 0.200. The van der Waals surface area contributed by atoms with Gasteiger partial charge in [0.05, 0.1) is 11.1 Å². The van der Waals surface area contributed by atoms with Crippen molar-refractivity contribution in [2.24, 2.45) is 0 Å². The Morgan fingerprint density at radius 1 is 1.05 bits per heavy atom. The van der Waals surface area contributed by atoms with Gasteiger partial charge < -0.3 is 14.9 Å². The van der Waals surface area contributed by atoms with E-state index in [4.69, 9.17) is 19.5 Å². The van der Waals surface area contributed by atoms with E-state index in [1.807, 2.05) is 0 Å². The molecule has 0 amide bonds. The maximum atomic E-state index is 10.8. The third-order valence-corrected chi connectivity index (χ3v) is 2.69. The number of aromatic carboxylic acids is 2. The molecule has 0 fully saturated rings. The molecule has 8 nitrogen and oxygen atoms in total. The van der Waals surface area contributed by atoms with Gasteiger partial charge in [-0.1, -0.05) is 0 Å². The van der Waals surface area contributed by atoms with E-state index in [2.05, 4.69) is 0 Å². The van der Waals surface area contributed by atoms with Crippen molar-refractivity contribution in [2.45, 2.75) is 0 Å². The van der Waals surface area contributed by atoms with Gasteiger partial charge in [0.1, 0.15) is 18.1 Å². The van der Waals surface area contributed by atoms with Crippen molar-refractivity contribution in [3.8, 4) is 5.75 Å². The van der Waals surface area contributed by atoms with Crippen LogP contribution in [-0.4, -0.2) is 47.5 Å². The molecule has 1 rings (SSSR count). The number of hydrogen-bond acceptors (Lipinski definition) is 5. The fourth-order valence-corrected chi connectivity index (χ4v) is 1.49. The summed E-state index contributed by atoms with van der Waals surface area (Å²) in [7, 11) is -4.20. The summed E-state index contributed by atoms with van der Waals surface area (Å²) in [5.74, 6) is -3.49. The first-order valence-electron chi connectivity index (χ1n) is 4.88. The highest BCUT2D eigenvalue weighted by Crippen LogP contribution is 2.17. The maximum Gasteiger partial charge on any atom is 0.335 e. The van der Waals surface area contributed by atoms with Crippen LogP contribution in [0.15, 0.2) is 18.2 Å². The Kier molecular flexibility index (Phi) is 4.46. The lowest BCUT2D eigenvalue weighted by Gasteiger charge is -2.07. The van der Waals surface area contributed by atoms with E-state index in [1.54, 1.807) is 0 Å². The Morgan fingerprint density at radius 2 is 1.53 bits per heavy atom. The van der Waals surface area contributed by atoms with Gasteiger partial charge in [0.25, 0.3) is 10.1 Å². The summed E-state index contributed by atoms with van der Waals surface area (Å²) < 4.78 is 34.3. The first-order chi connectivity index (χ1) is 8.69. The van der Waals surface area contributed by atoms with E-state index in [-0.39, 0.29) is 16.9 Å². The standard InChI is InChI=1S/C10H10O8S/c11-9(12)6-3-7(10(13)14)5-8(4-6)18-1-2-19(15,16)17/h3-5H,1-2H2,(H,11,12)(H,13,14)(H,15,16,17). The minimum atomic E-state index is -4.20. The van der Waals surface area contributed by atoms with Crippen LogP contribution in [0.25, 0.3) is 0 Å². The van der Waals surface area contributed by atoms with Crippen LogP contribution in [-0.2, 0) is 10.1 Å². The molecular formula is C10H10O8S. The van der Waals surface area contributed by atoms with E-state index in [0.717, 1.165) is 18.2 Å². The highest BCUT2D eigenvalue weighted by molar-refractivity contribution is 7.85. The van der Waals surface area contributed by atoms with Crippen molar-refractivity contribution >= 4 is 22.1 Å². The highest BCUT2D eigenvalue weighted by Gasteiger charge is 2.13. The smallest absolute Gasteiger partial charge is 0.335 e. The summed E-state index contributed by atoms with van der Waals surface area (Å²) in [6, 6.07) is 3.05. The fourth-order valence-electron chi connectivity index (χ4n) is 1.19. The Balaban J connectivity index is 2.94. The molecule has 104 valence electrons. The van der Waals surface area contributed by atoms with Crippen LogP contribution >= 0.6 is 0 Å². The van der Waals surface area contributed by atoms with Crippen molar-refractivity contribution < 1.29 is 37.5 Å². The second-order valence-corrected chi connectivity index (χ2v) is 5.06. The van der Waals surface area contributed by atoms with Crippen LogP contribution in [0.4, 0.5) is 0 Å². The molecule has 0 atom stereocenters. The molecule has 1 aromatic carbocycles. The molecule has 0 saturated heterocycles. The van der Waals surface area contributed by atoms with Gasteiger partial charge in [0.2, 0.25) is 0 Å². The van der Waals surface area contributed by atoms with Gasteiger partial charge in [-0.05, 0) is 18.2 Å². The minimum absolute atomic E-state index is 0.110. The van der Waals surface area contributed by atoms with Crippen molar-refractivity contribution in [1.82, 2.24) is 0 Å². The molecule has 3 N–H and O–H groups in total. The number of carbonyl (C=O) groups is 2. The van der Waals surface area contributed by atoms with E-state index in [0.29, 0.717) is 0 Å². The molecular weight excluding hydrogens is 280 g/mol. The summed E-state index contributed by atoms with van der Waals surface area (Å²) in [5, 5.41) is 17.6. The molecule has 19 heavy (non-hydrogen) atoms. The minimum Gasteiger partial charge on any atom is -0.492 e. The Labute approximate surface area is 108 Å². The lowest BCUT2D eigenvalue weighted by molar-refractivity contribution is 0.0696. The molecule has 0 unspecified atom stereocenters. The third-order valence-electron chi connectivity index (χ3n) is 2.01. The van der Waals surface area contributed by atoms with Crippen LogP contribution in [0.5, 0.6) is 5.75 Å². The number of carboxylic acids is 2. The van der Waals surface area contributed by atoms with Gasteiger partial charge in [-0.15, -0.1) is 0 Å². The number of ether oxygens (including phenoxy) is 1. The largest absolute Gasteiger partial charge is 0.492 e. The molecule has 1 aromatic rings. The van der Waals surface area contributed by atoms with Crippen LogP contribution < -0.4 is 4.74 Å². The van der Waals surface area contributed by atoms with E-state index < -0.39 is 34.4 Å². The normalized spacial score (nSPS) is 11.0. The monoisotopic (exact) mass is 290 g/mol. The zero-order chi connectivity index (χ0) is 14.6. The average molecular weight is 290 g/mol. The average Bonchev–Trinajstić information content (AvgIpc) is 2.26. The van der Waals surface area contributed by atoms with Crippen molar-refractivity contribution in [1.29, 1.82) is 0 Å². The van der Waals surface area contributed by atoms with Gasteiger partial charge in [-0.2, -0.15) is 8.42 Å². The SMILES string of the molecule is O=C(O)c1cc(OCCS(=O)(=O)O)cc(C(=O)O)c1. The molecule has 0 bridgehead atoms. The summed E-state index contributed by atoms with van der Waals surface area (Å²) in [4.78, 5) is 21.6. The van der Waals surface area contributed by atoms with Gasteiger partial charge in [0, 0.05) is 0 Å². The van der Waals surface area contributed by atoms with E-state index in [1.165, 1.54) is 0 Å². The summed E-state index contributed by atoms with van der Waals surface area (Å²) >= 11 is 0. The van der Waals surface area contributed by atoms with Crippen LogP contribution in [0, 0.1) is 0 Å². The number of carboxylic acid groups (broad SMARTS) is 2. The third kappa shape index (κ3) is 4.94. The highest BCUT2D eigenvalue weighted by atomic mass is 32.2. The van der Waals surface area contributed by atoms with Crippen LogP contribution in [0.2, 0.25) is 0 Å². The van der Waals surface area contributed by atoms with Crippen LogP contribution in [0.1, 0.15) is 20.7 Å². The Hall–Kier alpha value is -2.13. The number of hydrogen-bond donors (Lipinski definition) is 3. The molecule has 0 aromatic heterocycles. The molecule has 0 aliphatic rings. The van der Waals surface area contributed by atoms with Gasteiger partial charge in [-0.25, -0.2) is 9.59 Å². The lowest BCUT2D eigenvalue weighted by atomic mass is 10.1. The van der Waals surface area contributed by atoms with E-state index in [9.17, 15) is 18.0 Å². The van der Waals surface area contributed by atoms with Gasteiger partial charge >= 0.3 is 11.9 Å². The zero-order valence-electron chi connectivity index (χ0n) is 9.44. The molecule has 0 saturated carbocycles. The second-order valence-electron chi connectivity index (χ2n) is 3.49. The zero-order valence-corrected chi connectivity index (χ0v) is 10.3. The first-order valence-corrected chi connectivity index (χ1v) is 6.49. The molecule has 0 aliphatic heterocycles. The molecule has 0 aliphatic carbocycles. The Bertz CT molecular complexity index is 572. The molecule has 0 spiro atoms. The molecule has 0 heterocycles. The van der Waals surface area contributed by atoms with Crippen molar-refractivity contribution in [3.63, 3.8) is 0 Å². The predicted octanol–water partition coefficient (Wildman–Crippen LogP) is 0.350. The van der Waals surface area contributed by atoms with Crippen molar-refractivity contribution in [2.75, 3.05) is 12.4 Å². The summed E-state index contributed by atoms with van der Waals surface area (Å²) in [6.07, 6.45) is 0. The lowest BCUT2D eigenvalue weighted by Crippen LogP contribution is -2.13. The van der Waals surface area contributed by atoms with Crippen LogP contribution in [0.3, 0.4) is 0 Å². The van der Waals surface area contributed by atoms with Gasteiger partial charge in [-0.3, -0.25) is 4.55 Å². The quantitative estimate of drug-likeness (QED) is 0.638. The Morgan fingerprint density at radius 3 is 1.89 bits per heavy atom. The predicted molar refractivity (Wildman–Crippen MR) is 62.3 cm³/mol. The summed E-state index contributed by atoms with van der Waals surface area (Å²) in [6.45, 7) is -0.430. The maximum absolute atomic E-state index is 10.8. The molecule has 0 radical (unpaired) electrons. The summed E-state index contributed by atoms with van der Waals surface area (Å²) in [5.41, 5.74) is -0.608. The van der Waals surface area contributed by atoms with Crippen molar-refractivity contribution in [3.05, 3.63) is 29.3 Å². The van der Waals surface area contributed by atoms with E-state index >= 15 is 0 Å². The number of rotatable bonds is 6. The van der Waals surface area contributed by atoms with Gasteiger partial charge in [0.15, 0.2) is 0 Å². The molecule has 9 heteroatoms. The topological polar surface area (TPSA) is 138 Å². The first kappa shape index (κ1) is 14.9. The number of benzene rings is 1.